The Morgan fingerprint density at radius 3 is 2.12 bits per heavy atom. The lowest BCUT2D eigenvalue weighted by atomic mass is 9.98. The van der Waals surface area contributed by atoms with E-state index >= 15 is 0 Å². The number of carboxylic acid groups (broad SMARTS) is 1. The van der Waals surface area contributed by atoms with Gasteiger partial charge in [0, 0.05) is 18.4 Å². The van der Waals surface area contributed by atoms with Crippen molar-refractivity contribution in [2.45, 2.75) is 70.4 Å². The minimum Gasteiger partial charge on any atom is -0.480 e. The molecule has 0 spiro atoms. The number of aliphatic carboxylic acids is 1. The molecule has 0 radical (unpaired) electrons. The third kappa shape index (κ3) is 6.37. The third-order valence-corrected chi connectivity index (χ3v) is 6.36. The molecule has 0 heterocycles. The molecule has 2 amide bonds. The largest absolute Gasteiger partial charge is 0.480 e. The van der Waals surface area contributed by atoms with Gasteiger partial charge in [-0.15, -0.1) is 0 Å². The maximum absolute atomic E-state index is 12.5. The molecule has 182 valence electrons. The summed E-state index contributed by atoms with van der Waals surface area (Å²) in [7, 11) is 0. The number of rotatable bonds is 12. The van der Waals surface area contributed by atoms with Crippen molar-refractivity contribution in [1.82, 2.24) is 10.6 Å². The summed E-state index contributed by atoms with van der Waals surface area (Å²) in [5.41, 5.74) is 4.64. The van der Waals surface area contributed by atoms with E-state index in [1.54, 1.807) is 0 Å². The van der Waals surface area contributed by atoms with Crippen LogP contribution in [0.2, 0.25) is 0 Å². The van der Waals surface area contributed by atoms with Gasteiger partial charge < -0.3 is 20.5 Å². The van der Waals surface area contributed by atoms with Gasteiger partial charge in [-0.2, -0.15) is 0 Å². The van der Waals surface area contributed by atoms with Crippen LogP contribution < -0.4 is 10.6 Å². The van der Waals surface area contributed by atoms with E-state index in [1.165, 1.54) is 11.1 Å². The number of nitrogens with one attached hydrogen (secondary N) is 2. The summed E-state index contributed by atoms with van der Waals surface area (Å²) in [6.07, 6.45) is 2.67. The lowest BCUT2D eigenvalue weighted by Gasteiger charge is -2.19. The Labute approximate surface area is 200 Å². The molecule has 2 aromatic rings. The van der Waals surface area contributed by atoms with Crippen molar-refractivity contribution >= 4 is 18.0 Å². The minimum atomic E-state index is -1.02. The summed E-state index contributed by atoms with van der Waals surface area (Å²) >= 11 is 0. The van der Waals surface area contributed by atoms with Crippen molar-refractivity contribution in [1.29, 1.82) is 0 Å². The fourth-order valence-electron chi connectivity index (χ4n) is 4.42. The van der Waals surface area contributed by atoms with E-state index in [4.69, 9.17) is 4.74 Å². The van der Waals surface area contributed by atoms with Crippen LogP contribution in [0.4, 0.5) is 4.79 Å². The number of fused-ring (bicyclic) bond motifs is 3. The number of unbranched alkanes of at least 4 members (excludes halogenated alkanes) is 1. The van der Waals surface area contributed by atoms with E-state index in [9.17, 15) is 19.5 Å². The Balaban J connectivity index is 1.49. The SMILES string of the molecule is CCCC[C@H](NC(=O)CCC(CC)NC(=O)OCC1c2ccccc2-c2ccccc21)C(=O)O. The fraction of sp³-hybridized carbons (Fsp3) is 0.444. The van der Waals surface area contributed by atoms with Gasteiger partial charge in [-0.1, -0.05) is 75.2 Å². The van der Waals surface area contributed by atoms with Crippen LogP contribution in [0.3, 0.4) is 0 Å². The number of carbonyl (C=O) groups excluding carboxylic acids is 2. The average Bonchev–Trinajstić information content (AvgIpc) is 3.16. The molecule has 3 N–H and O–H groups in total. The number of amides is 2. The second-order valence-electron chi connectivity index (χ2n) is 8.71. The number of alkyl carbamates (subject to hydrolysis) is 1. The lowest BCUT2D eigenvalue weighted by molar-refractivity contribution is -0.142. The monoisotopic (exact) mass is 466 g/mol. The van der Waals surface area contributed by atoms with Crippen LogP contribution in [0.5, 0.6) is 0 Å². The molecular formula is C27H34N2O5. The van der Waals surface area contributed by atoms with Gasteiger partial charge in [-0.05, 0) is 41.5 Å². The van der Waals surface area contributed by atoms with Crippen LogP contribution >= 0.6 is 0 Å². The first-order valence-corrected chi connectivity index (χ1v) is 12.1. The molecule has 0 saturated heterocycles. The quantitative estimate of drug-likeness (QED) is 0.415. The Morgan fingerprint density at radius 2 is 1.56 bits per heavy atom. The zero-order valence-electron chi connectivity index (χ0n) is 19.9. The van der Waals surface area contributed by atoms with Crippen molar-refractivity contribution in [3.63, 3.8) is 0 Å². The van der Waals surface area contributed by atoms with Gasteiger partial charge in [0.05, 0.1) is 0 Å². The molecule has 1 aliphatic carbocycles. The van der Waals surface area contributed by atoms with Gasteiger partial charge in [0.2, 0.25) is 5.91 Å². The summed E-state index contributed by atoms with van der Waals surface area (Å²) in [6, 6.07) is 15.2. The van der Waals surface area contributed by atoms with Crippen LogP contribution in [0, 0.1) is 0 Å². The molecule has 0 aliphatic heterocycles. The number of hydrogen-bond acceptors (Lipinski definition) is 4. The number of ether oxygens (including phenoxy) is 1. The molecule has 0 fully saturated rings. The molecule has 0 saturated carbocycles. The second kappa shape index (κ2) is 12.2. The van der Waals surface area contributed by atoms with Crippen molar-refractivity contribution in [2.24, 2.45) is 0 Å². The van der Waals surface area contributed by atoms with Crippen LogP contribution in [-0.2, 0) is 14.3 Å². The first-order chi connectivity index (χ1) is 16.4. The Kier molecular flexibility index (Phi) is 9.08. The van der Waals surface area contributed by atoms with Crippen molar-refractivity contribution in [2.75, 3.05) is 6.61 Å². The Hall–Kier alpha value is -3.35. The van der Waals surface area contributed by atoms with Gasteiger partial charge >= 0.3 is 12.1 Å². The number of carbonyl (C=O) groups is 3. The highest BCUT2D eigenvalue weighted by Gasteiger charge is 2.29. The third-order valence-electron chi connectivity index (χ3n) is 6.36. The Bertz CT molecular complexity index is 961. The summed E-state index contributed by atoms with van der Waals surface area (Å²) in [5.74, 6) is -1.36. The van der Waals surface area contributed by atoms with Crippen LogP contribution in [-0.4, -0.2) is 41.8 Å². The molecule has 1 unspecified atom stereocenters. The fourth-order valence-corrected chi connectivity index (χ4v) is 4.42. The van der Waals surface area contributed by atoms with Crippen molar-refractivity contribution < 1.29 is 24.2 Å². The smallest absolute Gasteiger partial charge is 0.407 e. The molecule has 2 atom stereocenters. The molecule has 7 heteroatoms. The van der Waals surface area contributed by atoms with Gasteiger partial charge in [-0.3, -0.25) is 4.79 Å². The summed E-state index contributed by atoms with van der Waals surface area (Å²) < 4.78 is 5.59. The highest BCUT2D eigenvalue weighted by atomic mass is 16.5. The summed E-state index contributed by atoms with van der Waals surface area (Å²) in [6.45, 7) is 4.13. The zero-order valence-corrected chi connectivity index (χ0v) is 19.9. The predicted molar refractivity (Wildman–Crippen MR) is 131 cm³/mol. The molecule has 1 aliphatic rings. The first-order valence-electron chi connectivity index (χ1n) is 12.1. The summed E-state index contributed by atoms with van der Waals surface area (Å²) in [4.78, 5) is 36.1. The van der Waals surface area contributed by atoms with Gasteiger partial charge in [0.1, 0.15) is 12.6 Å². The topological polar surface area (TPSA) is 105 Å². The minimum absolute atomic E-state index is 0.0138. The van der Waals surface area contributed by atoms with Crippen molar-refractivity contribution in [3.8, 4) is 11.1 Å². The molecule has 3 rings (SSSR count). The predicted octanol–water partition coefficient (Wildman–Crippen LogP) is 4.84. The maximum atomic E-state index is 12.5. The zero-order chi connectivity index (χ0) is 24.5. The van der Waals surface area contributed by atoms with E-state index in [1.807, 2.05) is 38.1 Å². The first kappa shape index (κ1) is 25.3. The maximum Gasteiger partial charge on any atom is 0.407 e. The normalized spacial score (nSPS) is 13.9. The summed E-state index contributed by atoms with van der Waals surface area (Å²) in [5, 5.41) is 14.7. The second-order valence-corrected chi connectivity index (χ2v) is 8.71. The lowest BCUT2D eigenvalue weighted by Crippen LogP contribution is -2.42. The van der Waals surface area contributed by atoms with E-state index < -0.39 is 18.1 Å². The van der Waals surface area contributed by atoms with Crippen LogP contribution in [0.15, 0.2) is 48.5 Å². The van der Waals surface area contributed by atoms with E-state index in [0.717, 1.165) is 24.0 Å². The highest BCUT2D eigenvalue weighted by Crippen LogP contribution is 2.44. The molecule has 0 bridgehead atoms. The molecule has 34 heavy (non-hydrogen) atoms. The molecule has 7 nitrogen and oxygen atoms in total. The standard InChI is InChI=1S/C27H34N2O5/c1-3-5-14-24(26(31)32)29-25(30)16-15-18(4-2)28-27(33)34-17-23-21-12-8-6-10-19(21)20-11-7-9-13-22(20)23/h6-13,18,23-24H,3-5,14-17H2,1-2H3,(H,28,33)(H,29,30)(H,31,32)/t18?,24-/m0/s1. The van der Waals surface area contributed by atoms with Crippen LogP contribution in [0.25, 0.3) is 11.1 Å². The van der Waals surface area contributed by atoms with Gasteiger partial charge in [0.25, 0.3) is 0 Å². The number of carboxylic acids is 1. The highest BCUT2D eigenvalue weighted by molar-refractivity contribution is 5.83. The molecule has 0 aromatic heterocycles. The van der Waals surface area contributed by atoms with Crippen LogP contribution in [0.1, 0.15) is 69.4 Å². The number of benzene rings is 2. The van der Waals surface area contributed by atoms with E-state index in [0.29, 0.717) is 19.3 Å². The average molecular weight is 467 g/mol. The Morgan fingerprint density at radius 1 is 0.941 bits per heavy atom. The number of hydrogen-bond donors (Lipinski definition) is 3. The molecular weight excluding hydrogens is 432 g/mol. The molecule has 2 aromatic carbocycles. The van der Waals surface area contributed by atoms with Gasteiger partial charge in [0.15, 0.2) is 0 Å². The van der Waals surface area contributed by atoms with Gasteiger partial charge in [-0.25, -0.2) is 9.59 Å². The van der Waals surface area contributed by atoms with Crippen molar-refractivity contribution in [3.05, 3.63) is 59.7 Å². The van der Waals surface area contributed by atoms with E-state index in [-0.39, 0.29) is 30.9 Å². The van der Waals surface area contributed by atoms with E-state index in [2.05, 4.69) is 34.9 Å².